The highest BCUT2D eigenvalue weighted by molar-refractivity contribution is 8.00. The van der Waals surface area contributed by atoms with E-state index in [2.05, 4.69) is 10.6 Å². The Balaban J connectivity index is 1.40. The van der Waals surface area contributed by atoms with Crippen LogP contribution in [0.2, 0.25) is 0 Å². The van der Waals surface area contributed by atoms with Gasteiger partial charge in [0.25, 0.3) is 0 Å². The smallest absolute Gasteiger partial charge is 0.323 e. The lowest BCUT2D eigenvalue weighted by atomic mass is 10.3. The Bertz CT molecular complexity index is 1150. The number of urea groups is 1. The number of hydrogen-bond donors (Lipinski definition) is 2. The zero-order valence-electron chi connectivity index (χ0n) is 18.0. The first-order valence-corrected chi connectivity index (χ1v) is 11.4. The van der Waals surface area contributed by atoms with E-state index in [0.29, 0.717) is 29.4 Å². The molecule has 4 rings (SSSR count). The van der Waals surface area contributed by atoms with Crippen LogP contribution in [-0.4, -0.2) is 29.7 Å². The zero-order chi connectivity index (χ0) is 23.2. The Morgan fingerprint density at radius 3 is 2.39 bits per heavy atom. The number of anilines is 3. The van der Waals surface area contributed by atoms with Crippen molar-refractivity contribution in [1.29, 1.82) is 0 Å². The van der Waals surface area contributed by atoms with E-state index >= 15 is 0 Å². The van der Waals surface area contributed by atoms with Crippen molar-refractivity contribution >= 4 is 46.7 Å². The molecular weight excluding hydrogens is 438 g/mol. The quantitative estimate of drug-likeness (QED) is 0.475. The third kappa shape index (κ3) is 5.53. The SMILES string of the molecule is CCOc1ccc(N2C(=O)CC(Sc3cccc(NC(=O)Nc4ccccc4)c3)C2=O)cc1. The molecule has 33 heavy (non-hydrogen) atoms. The molecule has 2 N–H and O–H groups in total. The molecule has 1 aliphatic heterocycles. The summed E-state index contributed by atoms with van der Waals surface area (Å²) in [6.45, 7) is 2.44. The van der Waals surface area contributed by atoms with Crippen molar-refractivity contribution in [2.75, 3.05) is 22.1 Å². The average Bonchev–Trinajstić information content (AvgIpc) is 3.08. The number of para-hydroxylation sites is 1. The van der Waals surface area contributed by atoms with Gasteiger partial charge >= 0.3 is 6.03 Å². The number of amides is 4. The highest BCUT2D eigenvalue weighted by atomic mass is 32.2. The molecule has 1 saturated heterocycles. The van der Waals surface area contributed by atoms with Gasteiger partial charge in [0.2, 0.25) is 11.8 Å². The van der Waals surface area contributed by atoms with Gasteiger partial charge in [0.05, 0.1) is 17.5 Å². The fourth-order valence-electron chi connectivity index (χ4n) is 3.45. The topological polar surface area (TPSA) is 87.7 Å². The maximum absolute atomic E-state index is 13.0. The minimum atomic E-state index is -0.530. The van der Waals surface area contributed by atoms with Crippen LogP contribution in [0.3, 0.4) is 0 Å². The lowest BCUT2D eigenvalue weighted by Gasteiger charge is -2.15. The van der Waals surface area contributed by atoms with E-state index in [-0.39, 0.29) is 24.3 Å². The molecule has 4 amide bonds. The monoisotopic (exact) mass is 461 g/mol. The van der Waals surface area contributed by atoms with Crippen LogP contribution in [0.15, 0.2) is 83.8 Å². The second-order valence-corrected chi connectivity index (χ2v) is 8.55. The Morgan fingerprint density at radius 2 is 1.67 bits per heavy atom. The summed E-state index contributed by atoms with van der Waals surface area (Å²) < 4.78 is 5.42. The number of nitrogens with one attached hydrogen (secondary N) is 2. The third-order valence-corrected chi connectivity index (χ3v) is 6.09. The number of imide groups is 1. The molecule has 7 nitrogen and oxygen atoms in total. The molecule has 0 bridgehead atoms. The number of carbonyl (C=O) groups is 3. The summed E-state index contributed by atoms with van der Waals surface area (Å²) in [7, 11) is 0. The van der Waals surface area contributed by atoms with E-state index in [4.69, 9.17) is 4.74 Å². The first-order chi connectivity index (χ1) is 16.0. The summed E-state index contributed by atoms with van der Waals surface area (Å²) in [5, 5.41) is 5.02. The summed E-state index contributed by atoms with van der Waals surface area (Å²) in [6, 6.07) is 22.9. The number of carbonyl (C=O) groups excluding carboxylic acids is 3. The van der Waals surface area contributed by atoms with E-state index in [1.807, 2.05) is 31.2 Å². The first kappa shape index (κ1) is 22.4. The van der Waals surface area contributed by atoms with Gasteiger partial charge in [-0.1, -0.05) is 24.3 Å². The normalized spacial score (nSPS) is 15.4. The maximum Gasteiger partial charge on any atom is 0.323 e. The van der Waals surface area contributed by atoms with Crippen molar-refractivity contribution in [2.45, 2.75) is 23.5 Å². The van der Waals surface area contributed by atoms with Gasteiger partial charge in [0.1, 0.15) is 5.75 Å². The molecular formula is C25H23N3O4S. The largest absolute Gasteiger partial charge is 0.494 e. The van der Waals surface area contributed by atoms with E-state index in [0.717, 1.165) is 4.90 Å². The molecule has 0 saturated carbocycles. The van der Waals surface area contributed by atoms with Gasteiger partial charge in [-0.05, 0) is 61.5 Å². The van der Waals surface area contributed by atoms with E-state index < -0.39 is 5.25 Å². The predicted octanol–water partition coefficient (Wildman–Crippen LogP) is 5.15. The minimum Gasteiger partial charge on any atom is -0.494 e. The molecule has 3 aromatic carbocycles. The molecule has 0 spiro atoms. The van der Waals surface area contributed by atoms with Crippen molar-refractivity contribution in [3.63, 3.8) is 0 Å². The van der Waals surface area contributed by atoms with Crippen LogP contribution < -0.4 is 20.3 Å². The van der Waals surface area contributed by atoms with Gasteiger partial charge in [-0.25, -0.2) is 9.69 Å². The average molecular weight is 462 g/mol. The third-order valence-electron chi connectivity index (χ3n) is 4.91. The standard InChI is InChI=1S/C25H23N3O4S/c1-2-32-20-13-11-19(12-14-20)28-23(29)16-22(24(28)30)33-21-10-6-9-18(15-21)27-25(31)26-17-7-4-3-5-8-17/h3-15,22H,2,16H2,1H3,(H2,26,27,31). The van der Waals surface area contributed by atoms with E-state index in [1.54, 1.807) is 54.6 Å². The van der Waals surface area contributed by atoms with E-state index in [9.17, 15) is 14.4 Å². The summed E-state index contributed by atoms with van der Waals surface area (Å²) in [6.07, 6.45) is 0.114. The minimum absolute atomic E-state index is 0.114. The van der Waals surface area contributed by atoms with Gasteiger partial charge in [-0.3, -0.25) is 9.59 Å². The van der Waals surface area contributed by atoms with Gasteiger partial charge in [-0.2, -0.15) is 0 Å². The fourth-order valence-corrected chi connectivity index (χ4v) is 4.56. The fraction of sp³-hybridized carbons (Fsp3) is 0.160. The van der Waals surface area contributed by atoms with Crippen LogP contribution in [0, 0.1) is 0 Å². The van der Waals surface area contributed by atoms with Crippen molar-refractivity contribution in [1.82, 2.24) is 0 Å². The number of ether oxygens (including phenoxy) is 1. The molecule has 1 fully saturated rings. The highest BCUT2D eigenvalue weighted by Crippen LogP contribution is 2.35. The molecule has 0 aliphatic carbocycles. The molecule has 168 valence electrons. The molecule has 1 atom stereocenters. The maximum atomic E-state index is 13.0. The second kappa shape index (κ2) is 10.2. The Hall–Kier alpha value is -3.78. The molecule has 8 heteroatoms. The second-order valence-electron chi connectivity index (χ2n) is 7.28. The summed E-state index contributed by atoms with van der Waals surface area (Å²) >= 11 is 1.31. The Morgan fingerprint density at radius 1 is 0.970 bits per heavy atom. The number of rotatable bonds is 7. The number of benzene rings is 3. The Labute approximate surface area is 196 Å². The van der Waals surface area contributed by atoms with Crippen LogP contribution >= 0.6 is 11.8 Å². The van der Waals surface area contributed by atoms with Crippen LogP contribution in [0.5, 0.6) is 5.75 Å². The number of thioether (sulfide) groups is 1. The Kier molecular flexibility index (Phi) is 6.95. The number of hydrogen-bond acceptors (Lipinski definition) is 5. The van der Waals surface area contributed by atoms with Crippen LogP contribution in [0.1, 0.15) is 13.3 Å². The first-order valence-electron chi connectivity index (χ1n) is 10.5. The van der Waals surface area contributed by atoms with Gasteiger partial charge < -0.3 is 15.4 Å². The zero-order valence-corrected chi connectivity index (χ0v) is 18.8. The highest BCUT2D eigenvalue weighted by Gasteiger charge is 2.40. The van der Waals surface area contributed by atoms with E-state index in [1.165, 1.54) is 16.7 Å². The molecule has 1 aliphatic rings. The molecule has 0 radical (unpaired) electrons. The van der Waals surface area contributed by atoms with Gasteiger partial charge in [-0.15, -0.1) is 11.8 Å². The lowest BCUT2D eigenvalue weighted by molar-refractivity contribution is -0.121. The van der Waals surface area contributed by atoms with Crippen LogP contribution in [-0.2, 0) is 9.59 Å². The summed E-state index contributed by atoms with van der Waals surface area (Å²) in [5.74, 6) is 0.194. The van der Waals surface area contributed by atoms with Gasteiger partial charge in [0.15, 0.2) is 0 Å². The molecule has 1 heterocycles. The molecule has 1 unspecified atom stereocenters. The summed E-state index contributed by atoms with van der Waals surface area (Å²) in [4.78, 5) is 39.8. The molecule has 3 aromatic rings. The van der Waals surface area contributed by atoms with Crippen molar-refractivity contribution in [2.24, 2.45) is 0 Å². The van der Waals surface area contributed by atoms with Crippen LogP contribution in [0.4, 0.5) is 21.9 Å². The van der Waals surface area contributed by atoms with Crippen LogP contribution in [0.25, 0.3) is 0 Å². The summed E-state index contributed by atoms with van der Waals surface area (Å²) in [5.41, 5.74) is 1.81. The lowest BCUT2D eigenvalue weighted by Crippen LogP contribution is -2.31. The number of nitrogens with zero attached hydrogens (tertiary/aromatic N) is 1. The van der Waals surface area contributed by atoms with Crippen molar-refractivity contribution < 1.29 is 19.1 Å². The molecule has 0 aromatic heterocycles. The van der Waals surface area contributed by atoms with Crippen molar-refractivity contribution in [3.8, 4) is 5.75 Å². The van der Waals surface area contributed by atoms with Gasteiger partial charge in [0, 0.05) is 22.7 Å². The van der Waals surface area contributed by atoms with Crippen molar-refractivity contribution in [3.05, 3.63) is 78.9 Å². The predicted molar refractivity (Wildman–Crippen MR) is 130 cm³/mol.